The quantitative estimate of drug-likeness (QED) is 0.645. The Morgan fingerprint density at radius 1 is 1.42 bits per heavy atom. The lowest BCUT2D eigenvalue weighted by atomic mass is 9.96. The molecule has 1 saturated heterocycles. The Hall–Kier alpha value is -0.830. The number of H-pyrrole nitrogens is 1. The van der Waals surface area contributed by atoms with Gasteiger partial charge in [-0.3, -0.25) is 5.10 Å². The second kappa shape index (κ2) is 2.33. The third-order valence-corrected chi connectivity index (χ3v) is 3.25. The van der Waals surface area contributed by atoms with Crippen molar-refractivity contribution in [2.45, 2.75) is 24.8 Å². The highest BCUT2D eigenvalue weighted by molar-refractivity contribution is 5.15. The molecule has 2 N–H and O–H groups in total. The summed E-state index contributed by atoms with van der Waals surface area (Å²) in [6, 6.07) is 2.82. The Balaban J connectivity index is 1.87. The molecule has 1 unspecified atom stereocenters. The van der Waals surface area contributed by atoms with Crippen molar-refractivity contribution in [1.82, 2.24) is 15.5 Å². The van der Waals surface area contributed by atoms with Crippen LogP contribution < -0.4 is 5.32 Å². The van der Waals surface area contributed by atoms with Crippen molar-refractivity contribution in [2.75, 3.05) is 6.54 Å². The molecule has 3 atom stereocenters. The fraction of sp³-hybridized carbons (Fsp3) is 0.667. The predicted octanol–water partition coefficient (Wildman–Crippen LogP) is 0.875. The van der Waals surface area contributed by atoms with Crippen molar-refractivity contribution in [2.24, 2.45) is 5.92 Å². The first kappa shape index (κ1) is 6.66. The van der Waals surface area contributed by atoms with Gasteiger partial charge in [0.25, 0.3) is 0 Å². The van der Waals surface area contributed by atoms with Crippen LogP contribution in [0.25, 0.3) is 0 Å². The highest BCUT2D eigenvalue weighted by Crippen LogP contribution is 2.41. The number of fused-ring (bicyclic) bond motifs is 2. The van der Waals surface area contributed by atoms with E-state index in [4.69, 9.17) is 0 Å². The van der Waals surface area contributed by atoms with Crippen molar-refractivity contribution in [3.05, 3.63) is 18.0 Å². The summed E-state index contributed by atoms with van der Waals surface area (Å²) in [6.07, 6.45) is 4.56. The van der Waals surface area contributed by atoms with E-state index in [9.17, 15) is 0 Å². The third-order valence-electron chi connectivity index (χ3n) is 3.25. The van der Waals surface area contributed by atoms with Crippen molar-refractivity contribution in [1.29, 1.82) is 0 Å². The van der Waals surface area contributed by atoms with E-state index >= 15 is 0 Å². The normalized spacial score (nSPS) is 39.2. The number of nitrogens with one attached hydrogen (secondary N) is 2. The van der Waals surface area contributed by atoms with Gasteiger partial charge < -0.3 is 5.32 Å². The van der Waals surface area contributed by atoms with Gasteiger partial charge in [-0.05, 0) is 31.4 Å². The zero-order valence-electron chi connectivity index (χ0n) is 6.96. The molecule has 2 aliphatic rings. The van der Waals surface area contributed by atoms with Crippen LogP contribution in [-0.2, 0) is 0 Å². The molecule has 3 rings (SSSR count). The summed E-state index contributed by atoms with van der Waals surface area (Å²) in [5.41, 5.74) is 1.31. The summed E-state index contributed by atoms with van der Waals surface area (Å²) >= 11 is 0. The van der Waals surface area contributed by atoms with Gasteiger partial charge in [-0.2, -0.15) is 5.10 Å². The Morgan fingerprint density at radius 2 is 2.42 bits per heavy atom. The van der Waals surface area contributed by atoms with Crippen LogP contribution in [0.4, 0.5) is 0 Å². The van der Waals surface area contributed by atoms with Crippen LogP contribution in [0.3, 0.4) is 0 Å². The summed E-state index contributed by atoms with van der Waals surface area (Å²) in [5.74, 6) is 1.62. The number of aromatic amines is 1. The third kappa shape index (κ3) is 0.829. The first-order valence-corrected chi connectivity index (χ1v) is 4.66. The van der Waals surface area contributed by atoms with Crippen LogP contribution >= 0.6 is 0 Å². The van der Waals surface area contributed by atoms with Crippen LogP contribution in [-0.4, -0.2) is 22.8 Å². The van der Waals surface area contributed by atoms with E-state index in [0.717, 1.165) is 12.0 Å². The molecule has 3 nitrogen and oxygen atoms in total. The molecule has 0 radical (unpaired) electrons. The standard InChI is InChI=1S/C9H13N3/c1-2-11-12-8(1)7-3-6-4-9(7)10-5-6/h1-2,6-7,9-10H,3-5H2,(H,11,12)/t6-,7?,9-/m1/s1. The zero-order chi connectivity index (χ0) is 7.97. The van der Waals surface area contributed by atoms with Gasteiger partial charge in [-0.1, -0.05) is 0 Å². The highest BCUT2D eigenvalue weighted by atomic mass is 15.1. The minimum atomic E-state index is 0.700. The second-order valence-corrected chi connectivity index (χ2v) is 3.97. The minimum absolute atomic E-state index is 0.700. The lowest BCUT2D eigenvalue weighted by Crippen LogP contribution is -2.31. The first-order chi connectivity index (χ1) is 5.93. The van der Waals surface area contributed by atoms with E-state index in [1.165, 1.54) is 25.1 Å². The number of nitrogens with zero attached hydrogens (tertiary/aromatic N) is 1. The maximum absolute atomic E-state index is 4.00. The maximum Gasteiger partial charge on any atom is 0.0490 e. The van der Waals surface area contributed by atoms with Crippen molar-refractivity contribution in [3.8, 4) is 0 Å². The smallest absolute Gasteiger partial charge is 0.0490 e. The van der Waals surface area contributed by atoms with Crippen LogP contribution in [0.2, 0.25) is 0 Å². The molecule has 1 aliphatic heterocycles. The molecule has 2 fully saturated rings. The molecule has 0 spiro atoms. The molecule has 12 heavy (non-hydrogen) atoms. The topological polar surface area (TPSA) is 40.7 Å². The van der Waals surface area contributed by atoms with Crippen LogP contribution in [0, 0.1) is 5.92 Å². The molecule has 3 heteroatoms. The molecule has 1 aliphatic carbocycles. The minimum Gasteiger partial charge on any atom is -0.313 e. The Kier molecular flexibility index (Phi) is 1.29. The fourth-order valence-corrected chi connectivity index (χ4v) is 2.67. The molecular weight excluding hydrogens is 150 g/mol. The molecule has 2 heterocycles. The largest absolute Gasteiger partial charge is 0.313 e. The van der Waals surface area contributed by atoms with Gasteiger partial charge >= 0.3 is 0 Å². The fourth-order valence-electron chi connectivity index (χ4n) is 2.67. The molecule has 1 aromatic heterocycles. The second-order valence-electron chi connectivity index (χ2n) is 3.97. The van der Waals surface area contributed by atoms with Gasteiger partial charge in [-0.25, -0.2) is 0 Å². The van der Waals surface area contributed by atoms with Crippen LogP contribution in [0.1, 0.15) is 24.5 Å². The molecule has 64 valence electrons. The highest BCUT2D eigenvalue weighted by Gasteiger charge is 2.40. The Labute approximate surface area is 71.6 Å². The number of hydrogen-bond donors (Lipinski definition) is 2. The molecule has 0 amide bonds. The number of piperidine rings is 1. The lowest BCUT2D eigenvalue weighted by Gasteiger charge is -2.21. The number of aromatic nitrogens is 2. The van der Waals surface area contributed by atoms with E-state index < -0.39 is 0 Å². The summed E-state index contributed by atoms with van der Waals surface area (Å²) in [6.45, 7) is 1.23. The predicted molar refractivity (Wildman–Crippen MR) is 45.8 cm³/mol. The molecule has 1 saturated carbocycles. The first-order valence-electron chi connectivity index (χ1n) is 4.66. The van der Waals surface area contributed by atoms with Gasteiger partial charge in [0.15, 0.2) is 0 Å². The molecule has 0 aromatic carbocycles. The summed E-state index contributed by atoms with van der Waals surface area (Å²) in [5, 5.41) is 10.6. The summed E-state index contributed by atoms with van der Waals surface area (Å²) in [7, 11) is 0. The molecule has 2 bridgehead atoms. The number of rotatable bonds is 1. The molecular formula is C9H13N3. The van der Waals surface area contributed by atoms with Gasteiger partial charge in [0.05, 0.1) is 0 Å². The number of hydrogen-bond acceptors (Lipinski definition) is 2. The van der Waals surface area contributed by atoms with E-state index in [1.807, 2.05) is 6.20 Å². The molecule has 1 aromatic rings. The van der Waals surface area contributed by atoms with Gasteiger partial charge in [0.1, 0.15) is 0 Å². The Bertz CT molecular complexity index is 267. The van der Waals surface area contributed by atoms with Gasteiger partial charge in [0.2, 0.25) is 0 Å². The van der Waals surface area contributed by atoms with E-state index in [0.29, 0.717) is 5.92 Å². The van der Waals surface area contributed by atoms with E-state index in [1.54, 1.807) is 0 Å². The lowest BCUT2D eigenvalue weighted by molar-refractivity contribution is 0.441. The SMILES string of the molecule is c1cc(C2C[C@H]3CN[C@@H]2C3)[nH]n1. The van der Waals surface area contributed by atoms with E-state index in [-0.39, 0.29) is 0 Å². The van der Waals surface area contributed by atoms with Crippen molar-refractivity contribution < 1.29 is 0 Å². The monoisotopic (exact) mass is 163 g/mol. The van der Waals surface area contributed by atoms with Crippen LogP contribution in [0.15, 0.2) is 12.3 Å². The van der Waals surface area contributed by atoms with E-state index in [2.05, 4.69) is 21.6 Å². The van der Waals surface area contributed by atoms with Crippen molar-refractivity contribution >= 4 is 0 Å². The summed E-state index contributed by atoms with van der Waals surface area (Å²) < 4.78 is 0. The maximum atomic E-state index is 4.00. The van der Waals surface area contributed by atoms with Gasteiger partial charge in [0, 0.05) is 23.9 Å². The van der Waals surface area contributed by atoms with Gasteiger partial charge in [-0.15, -0.1) is 0 Å². The average molecular weight is 163 g/mol. The average Bonchev–Trinajstić information content (AvgIpc) is 2.81. The zero-order valence-corrected chi connectivity index (χ0v) is 6.96. The summed E-state index contributed by atoms with van der Waals surface area (Å²) in [4.78, 5) is 0. The van der Waals surface area contributed by atoms with Crippen LogP contribution in [0.5, 0.6) is 0 Å². The Morgan fingerprint density at radius 3 is 3.00 bits per heavy atom. The van der Waals surface area contributed by atoms with Crippen molar-refractivity contribution in [3.63, 3.8) is 0 Å².